The van der Waals surface area contributed by atoms with Crippen molar-refractivity contribution < 1.29 is 9.59 Å². The lowest BCUT2D eigenvalue weighted by molar-refractivity contribution is 0.242. The molecule has 1 aromatic carbocycles. The highest BCUT2D eigenvalue weighted by Gasteiger charge is 2.25. The van der Waals surface area contributed by atoms with E-state index in [4.69, 9.17) is 0 Å². The molecular weight excluding hydrogens is 340 g/mol. The van der Waals surface area contributed by atoms with Crippen LogP contribution in [0.15, 0.2) is 18.2 Å². The number of nitrogens with one attached hydrogen (secondary N) is 2. The maximum atomic E-state index is 12.8. The predicted molar refractivity (Wildman–Crippen MR) is 114 cm³/mol. The summed E-state index contributed by atoms with van der Waals surface area (Å²) in [4.78, 5) is 28.9. The molecule has 0 spiro atoms. The number of aryl methyl sites for hydroxylation is 1. The summed E-state index contributed by atoms with van der Waals surface area (Å²) in [5, 5.41) is 5.92. The minimum absolute atomic E-state index is 0.0173. The molecule has 0 fully saturated rings. The Morgan fingerprint density at radius 2 is 1.22 bits per heavy atom. The molecule has 0 aliphatic carbocycles. The van der Waals surface area contributed by atoms with Crippen molar-refractivity contribution in [2.75, 3.05) is 9.80 Å². The average Bonchev–Trinajstić information content (AvgIpc) is 2.48. The van der Waals surface area contributed by atoms with Gasteiger partial charge in [-0.15, -0.1) is 0 Å². The van der Waals surface area contributed by atoms with Crippen LogP contribution in [0.25, 0.3) is 0 Å². The number of carbonyl (C=O) groups is 2. The number of benzene rings is 1. The summed E-state index contributed by atoms with van der Waals surface area (Å²) in [5.74, 6) is 0. The second-order valence-electron chi connectivity index (χ2n) is 8.11. The SMILES string of the molecule is Cc1ccc(N(C(=O)NC(C)C)C(C)C)cc1N(C(=O)NC(C)C)C(C)C. The van der Waals surface area contributed by atoms with Crippen LogP contribution in [0.4, 0.5) is 21.0 Å². The van der Waals surface area contributed by atoms with Crippen molar-refractivity contribution in [2.24, 2.45) is 0 Å². The Kier molecular flexibility index (Phi) is 8.13. The summed E-state index contributed by atoms with van der Waals surface area (Å²) in [5.41, 5.74) is 2.56. The van der Waals surface area contributed by atoms with Crippen molar-refractivity contribution >= 4 is 23.4 Å². The molecule has 6 nitrogen and oxygen atoms in total. The van der Waals surface area contributed by atoms with Crippen molar-refractivity contribution in [3.63, 3.8) is 0 Å². The minimum atomic E-state index is -0.141. The summed E-state index contributed by atoms with van der Waals surface area (Å²) in [7, 11) is 0. The third-order valence-electron chi connectivity index (χ3n) is 4.03. The smallest absolute Gasteiger partial charge is 0.322 e. The van der Waals surface area contributed by atoms with Crippen molar-refractivity contribution in [3.05, 3.63) is 23.8 Å². The Bertz CT molecular complexity index is 654. The topological polar surface area (TPSA) is 64.7 Å². The van der Waals surface area contributed by atoms with Gasteiger partial charge in [-0.2, -0.15) is 0 Å². The zero-order valence-electron chi connectivity index (χ0n) is 18.3. The third-order valence-corrected chi connectivity index (χ3v) is 4.03. The Morgan fingerprint density at radius 3 is 1.63 bits per heavy atom. The first-order valence-corrected chi connectivity index (χ1v) is 9.75. The molecule has 6 heteroatoms. The fourth-order valence-corrected chi connectivity index (χ4v) is 2.91. The standard InChI is InChI=1S/C21H36N4O2/c1-13(2)22-20(26)24(15(5)6)18-11-10-17(9)19(12-18)25(16(7)8)21(27)23-14(3)4/h10-16H,1-9H3,(H,22,26)(H,23,27). The van der Waals surface area contributed by atoms with Crippen LogP contribution in [0.5, 0.6) is 0 Å². The second kappa shape index (κ2) is 9.62. The number of anilines is 2. The first-order chi connectivity index (χ1) is 12.5. The van der Waals surface area contributed by atoms with E-state index in [-0.39, 0.29) is 36.2 Å². The van der Waals surface area contributed by atoms with Crippen LogP contribution in [-0.4, -0.2) is 36.2 Å². The lowest BCUT2D eigenvalue weighted by Gasteiger charge is -2.32. The number of carbonyl (C=O) groups excluding carboxylic acids is 2. The van der Waals surface area contributed by atoms with Crippen LogP contribution in [0.1, 0.15) is 61.0 Å². The highest BCUT2D eigenvalue weighted by Crippen LogP contribution is 2.29. The molecule has 0 heterocycles. The highest BCUT2D eigenvalue weighted by atomic mass is 16.2. The van der Waals surface area contributed by atoms with E-state index in [0.717, 1.165) is 16.9 Å². The highest BCUT2D eigenvalue weighted by molar-refractivity contribution is 5.97. The Balaban J connectivity index is 3.37. The minimum Gasteiger partial charge on any atom is -0.336 e. The van der Waals surface area contributed by atoms with Crippen molar-refractivity contribution in [1.29, 1.82) is 0 Å². The number of amides is 4. The molecule has 1 rings (SSSR count). The molecular formula is C21H36N4O2. The maximum absolute atomic E-state index is 12.8. The summed E-state index contributed by atoms with van der Waals surface area (Å²) >= 11 is 0. The maximum Gasteiger partial charge on any atom is 0.322 e. The fraction of sp³-hybridized carbons (Fsp3) is 0.619. The van der Waals surface area contributed by atoms with Crippen LogP contribution >= 0.6 is 0 Å². The van der Waals surface area contributed by atoms with Gasteiger partial charge in [0.1, 0.15) is 0 Å². The van der Waals surface area contributed by atoms with Crippen molar-refractivity contribution in [1.82, 2.24) is 10.6 Å². The molecule has 0 aliphatic heterocycles. The summed E-state index contributed by atoms with van der Waals surface area (Å²) in [6, 6.07) is 5.60. The molecule has 152 valence electrons. The van der Waals surface area contributed by atoms with E-state index in [0.29, 0.717) is 0 Å². The third kappa shape index (κ3) is 6.15. The molecule has 1 aromatic rings. The quantitative estimate of drug-likeness (QED) is 0.758. The van der Waals surface area contributed by atoms with Crippen molar-refractivity contribution in [2.45, 2.75) is 86.5 Å². The fourth-order valence-electron chi connectivity index (χ4n) is 2.91. The molecule has 0 saturated heterocycles. The van der Waals surface area contributed by atoms with Crippen LogP contribution < -0.4 is 20.4 Å². The van der Waals surface area contributed by atoms with E-state index in [2.05, 4.69) is 10.6 Å². The first-order valence-electron chi connectivity index (χ1n) is 9.75. The van der Waals surface area contributed by atoms with E-state index in [1.54, 1.807) is 9.80 Å². The number of hydrogen-bond acceptors (Lipinski definition) is 2. The van der Waals surface area contributed by atoms with E-state index < -0.39 is 0 Å². The van der Waals surface area contributed by atoms with Crippen molar-refractivity contribution in [3.8, 4) is 0 Å². The number of hydrogen-bond donors (Lipinski definition) is 2. The molecule has 0 aromatic heterocycles. The molecule has 0 unspecified atom stereocenters. The van der Waals surface area contributed by atoms with Gasteiger partial charge in [-0.25, -0.2) is 9.59 Å². The van der Waals surface area contributed by atoms with Gasteiger partial charge in [0.15, 0.2) is 0 Å². The van der Waals surface area contributed by atoms with Gasteiger partial charge in [0, 0.05) is 29.9 Å². The molecule has 0 bridgehead atoms. The van der Waals surface area contributed by atoms with Gasteiger partial charge < -0.3 is 10.6 Å². The van der Waals surface area contributed by atoms with E-state index in [1.807, 2.05) is 80.5 Å². The Labute approximate surface area is 164 Å². The van der Waals surface area contributed by atoms with Crippen LogP contribution in [0.3, 0.4) is 0 Å². The summed E-state index contributed by atoms with van der Waals surface area (Å²) in [6.07, 6.45) is 0. The van der Waals surface area contributed by atoms with Crippen LogP contribution in [0.2, 0.25) is 0 Å². The predicted octanol–water partition coefficient (Wildman–Crippen LogP) is 4.66. The van der Waals surface area contributed by atoms with E-state index >= 15 is 0 Å². The van der Waals surface area contributed by atoms with E-state index in [1.165, 1.54) is 0 Å². The van der Waals surface area contributed by atoms with Gasteiger partial charge >= 0.3 is 12.1 Å². The first kappa shape index (κ1) is 22.8. The lowest BCUT2D eigenvalue weighted by Crippen LogP contribution is -2.48. The zero-order chi connectivity index (χ0) is 20.9. The summed E-state index contributed by atoms with van der Waals surface area (Å²) < 4.78 is 0. The van der Waals surface area contributed by atoms with Gasteiger partial charge in [0.25, 0.3) is 0 Å². The lowest BCUT2D eigenvalue weighted by atomic mass is 10.1. The van der Waals surface area contributed by atoms with Gasteiger partial charge in [-0.05, 0) is 80.0 Å². The van der Waals surface area contributed by atoms with Gasteiger partial charge in [-0.3, -0.25) is 9.80 Å². The molecule has 2 N–H and O–H groups in total. The second-order valence-corrected chi connectivity index (χ2v) is 8.11. The number of nitrogens with zero attached hydrogens (tertiary/aromatic N) is 2. The Morgan fingerprint density at radius 1 is 0.778 bits per heavy atom. The molecule has 0 aliphatic rings. The van der Waals surface area contributed by atoms with Gasteiger partial charge in [-0.1, -0.05) is 6.07 Å². The van der Waals surface area contributed by atoms with Crippen LogP contribution in [0, 0.1) is 6.92 Å². The molecule has 0 saturated carbocycles. The van der Waals surface area contributed by atoms with Gasteiger partial charge in [0.2, 0.25) is 0 Å². The number of urea groups is 2. The average molecular weight is 377 g/mol. The van der Waals surface area contributed by atoms with Crippen LogP contribution in [-0.2, 0) is 0 Å². The molecule has 27 heavy (non-hydrogen) atoms. The van der Waals surface area contributed by atoms with Gasteiger partial charge in [0.05, 0.1) is 5.69 Å². The normalized spacial score (nSPS) is 11.3. The molecule has 0 atom stereocenters. The largest absolute Gasteiger partial charge is 0.336 e. The molecule has 0 radical (unpaired) electrons. The zero-order valence-corrected chi connectivity index (χ0v) is 18.3. The monoisotopic (exact) mass is 376 g/mol. The summed E-state index contributed by atoms with van der Waals surface area (Å²) in [6.45, 7) is 17.7. The molecule has 4 amide bonds. The van der Waals surface area contributed by atoms with E-state index in [9.17, 15) is 9.59 Å². The number of rotatable bonds is 6. The Hall–Kier alpha value is -2.24.